The van der Waals surface area contributed by atoms with Crippen molar-refractivity contribution in [2.24, 2.45) is 5.92 Å². The SMILES string of the molecule is C[C@@H](OC(=O)C1CCCC1)C(=O)Nc1ccccc1-c1ccccc1. The number of esters is 1. The summed E-state index contributed by atoms with van der Waals surface area (Å²) in [7, 11) is 0. The monoisotopic (exact) mass is 337 g/mol. The van der Waals surface area contributed by atoms with Crippen molar-refractivity contribution in [3.8, 4) is 11.1 Å². The Morgan fingerprint density at radius 3 is 2.36 bits per heavy atom. The number of amides is 1. The topological polar surface area (TPSA) is 55.4 Å². The van der Waals surface area contributed by atoms with Gasteiger partial charge in [0, 0.05) is 11.3 Å². The molecule has 1 aliphatic rings. The summed E-state index contributed by atoms with van der Waals surface area (Å²) in [5, 5.41) is 2.89. The van der Waals surface area contributed by atoms with E-state index < -0.39 is 6.10 Å². The second-order valence-electron chi connectivity index (χ2n) is 6.46. The maximum atomic E-state index is 12.5. The Hall–Kier alpha value is -2.62. The van der Waals surface area contributed by atoms with Gasteiger partial charge in [-0.3, -0.25) is 9.59 Å². The molecule has 3 rings (SSSR count). The first kappa shape index (κ1) is 17.2. The van der Waals surface area contributed by atoms with Gasteiger partial charge in [-0.05, 0) is 31.4 Å². The number of ether oxygens (including phenoxy) is 1. The van der Waals surface area contributed by atoms with Crippen LogP contribution in [0.2, 0.25) is 0 Å². The molecule has 130 valence electrons. The van der Waals surface area contributed by atoms with E-state index in [0.29, 0.717) is 5.69 Å². The van der Waals surface area contributed by atoms with Gasteiger partial charge < -0.3 is 10.1 Å². The Morgan fingerprint density at radius 1 is 1.00 bits per heavy atom. The molecule has 0 unspecified atom stereocenters. The van der Waals surface area contributed by atoms with Gasteiger partial charge >= 0.3 is 5.97 Å². The minimum atomic E-state index is -0.808. The minimum absolute atomic E-state index is 0.0492. The van der Waals surface area contributed by atoms with Gasteiger partial charge in [0.2, 0.25) is 0 Å². The van der Waals surface area contributed by atoms with E-state index in [9.17, 15) is 9.59 Å². The van der Waals surface area contributed by atoms with Gasteiger partial charge in [-0.25, -0.2) is 0 Å². The molecule has 1 fully saturated rings. The van der Waals surface area contributed by atoms with Crippen LogP contribution in [0.5, 0.6) is 0 Å². The van der Waals surface area contributed by atoms with Gasteiger partial charge in [0.1, 0.15) is 0 Å². The first-order chi connectivity index (χ1) is 12.1. The highest BCUT2D eigenvalue weighted by Gasteiger charge is 2.27. The fourth-order valence-electron chi connectivity index (χ4n) is 3.18. The van der Waals surface area contributed by atoms with E-state index in [0.717, 1.165) is 36.8 Å². The van der Waals surface area contributed by atoms with Gasteiger partial charge in [-0.1, -0.05) is 61.4 Å². The molecule has 0 aromatic heterocycles. The van der Waals surface area contributed by atoms with Crippen molar-refractivity contribution in [3.63, 3.8) is 0 Å². The lowest BCUT2D eigenvalue weighted by molar-refractivity contribution is -0.157. The van der Waals surface area contributed by atoms with Crippen LogP contribution < -0.4 is 5.32 Å². The molecule has 4 nitrogen and oxygen atoms in total. The highest BCUT2D eigenvalue weighted by Crippen LogP contribution is 2.28. The quantitative estimate of drug-likeness (QED) is 0.822. The third-order valence-corrected chi connectivity index (χ3v) is 4.62. The van der Waals surface area contributed by atoms with Gasteiger partial charge in [0.05, 0.1) is 5.92 Å². The fraction of sp³-hybridized carbons (Fsp3) is 0.333. The number of benzene rings is 2. The maximum Gasteiger partial charge on any atom is 0.309 e. The Bertz CT molecular complexity index is 736. The molecule has 4 heteroatoms. The van der Waals surface area contributed by atoms with Crippen LogP contribution >= 0.6 is 0 Å². The van der Waals surface area contributed by atoms with E-state index in [-0.39, 0.29) is 17.8 Å². The molecular formula is C21H23NO3. The van der Waals surface area contributed by atoms with Gasteiger partial charge in [-0.2, -0.15) is 0 Å². The van der Waals surface area contributed by atoms with Crippen LogP contribution in [0.25, 0.3) is 11.1 Å². The Kier molecular flexibility index (Phi) is 5.49. The van der Waals surface area contributed by atoms with E-state index >= 15 is 0 Å². The highest BCUT2D eigenvalue weighted by molar-refractivity contribution is 5.98. The van der Waals surface area contributed by atoms with Crippen molar-refractivity contribution < 1.29 is 14.3 Å². The lowest BCUT2D eigenvalue weighted by Gasteiger charge is -2.17. The number of carbonyl (C=O) groups is 2. The van der Waals surface area contributed by atoms with E-state index in [1.54, 1.807) is 6.92 Å². The zero-order valence-corrected chi connectivity index (χ0v) is 14.4. The number of hydrogen-bond donors (Lipinski definition) is 1. The molecule has 0 saturated heterocycles. The first-order valence-corrected chi connectivity index (χ1v) is 8.81. The third-order valence-electron chi connectivity index (χ3n) is 4.62. The molecule has 0 radical (unpaired) electrons. The van der Waals surface area contributed by atoms with Crippen molar-refractivity contribution in [2.75, 3.05) is 5.32 Å². The average Bonchev–Trinajstić information content (AvgIpc) is 3.17. The molecule has 1 aliphatic carbocycles. The van der Waals surface area contributed by atoms with Crippen molar-refractivity contribution in [1.82, 2.24) is 0 Å². The molecule has 2 aromatic carbocycles. The summed E-state index contributed by atoms with van der Waals surface area (Å²) >= 11 is 0. The van der Waals surface area contributed by atoms with Crippen LogP contribution in [0.4, 0.5) is 5.69 Å². The normalized spacial score (nSPS) is 15.6. The lowest BCUT2D eigenvalue weighted by Crippen LogP contribution is -2.32. The average molecular weight is 337 g/mol. The van der Waals surface area contributed by atoms with E-state index in [4.69, 9.17) is 4.74 Å². The van der Waals surface area contributed by atoms with E-state index in [2.05, 4.69) is 5.32 Å². The Balaban J connectivity index is 1.67. The molecule has 1 atom stereocenters. The van der Waals surface area contributed by atoms with Crippen LogP contribution in [0.1, 0.15) is 32.6 Å². The standard InChI is InChI=1S/C21H23NO3/c1-15(25-21(24)17-11-5-6-12-17)20(23)22-19-14-8-7-13-18(19)16-9-3-2-4-10-16/h2-4,7-10,13-15,17H,5-6,11-12H2,1H3,(H,22,23)/t15-/m1/s1. The second kappa shape index (κ2) is 7.97. The summed E-state index contributed by atoms with van der Waals surface area (Å²) in [4.78, 5) is 24.6. The summed E-state index contributed by atoms with van der Waals surface area (Å²) in [6.07, 6.45) is 3.04. The smallest absolute Gasteiger partial charge is 0.309 e. The minimum Gasteiger partial charge on any atom is -0.452 e. The van der Waals surface area contributed by atoms with Crippen molar-refractivity contribution >= 4 is 17.6 Å². The van der Waals surface area contributed by atoms with Crippen molar-refractivity contribution in [1.29, 1.82) is 0 Å². The predicted octanol–water partition coefficient (Wildman–Crippen LogP) is 4.41. The third kappa shape index (κ3) is 4.27. The molecule has 0 bridgehead atoms. The summed E-state index contributed by atoms with van der Waals surface area (Å²) < 4.78 is 5.36. The fourth-order valence-corrected chi connectivity index (χ4v) is 3.18. The van der Waals surface area contributed by atoms with Gasteiger partial charge in [0.25, 0.3) is 5.91 Å². The molecular weight excluding hydrogens is 314 g/mol. The first-order valence-electron chi connectivity index (χ1n) is 8.81. The zero-order valence-electron chi connectivity index (χ0n) is 14.4. The molecule has 0 spiro atoms. The lowest BCUT2D eigenvalue weighted by atomic mass is 10.0. The van der Waals surface area contributed by atoms with Crippen molar-refractivity contribution in [3.05, 3.63) is 54.6 Å². The van der Waals surface area contributed by atoms with Crippen LogP contribution in [-0.2, 0) is 14.3 Å². The molecule has 1 saturated carbocycles. The van der Waals surface area contributed by atoms with Crippen LogP contribution in [0.15, 0.2) is 54.6 Å². The van der Waals surface area contributed by atoms with Crippen LogP contribution in [0, 0.1) is 5.92 Å². The van der Waals surface area contributed by atoms with E-state index in [1.165, 1.54) is 0 Å². The molecule has 0 heterocycles. The highest BCUT2D eigenvalue weighted by atomic mass is 16.5. The summed E-state index contributed by atoms with van der Waals surface area (Å²) in [6, 6.07) is 17.5. The largest absolute Gasteiger partial charge is 0.452 e. The van der Waals surface area contributed by atoms with Gasteiger partial charge in [-0.15, -0.1) is 0 Å². The Morgan fingerprint density at radius 2 is 1.64 bits per heavy atom. The number of para-hydroxylation sites is 1. The van der Waals surface area contributed by atoms with Crippen LogP contribution in [-0.4, -0.2) is 18.0 Å². The maximum absolute atomic E-state index is 12.5. The summed E-state index contributed by atoms with van der Waals surface area (Å²) in [5.41, 5.74) is 2.67. The molecule has 1 amide bonds. The number of anilines is 1. The van der Waals surface area contributed by atoms with Crippen LogP contribution in [0.3, 0.4) is 0 Å². The van der Waals surface area contributed by atoms with Crippen molar-refractivity contribution in [2.45, 2.75) is 38.7 Å². The second-order valence-corrected chi connectivity index (χ2v) is 6.46. The zero-order chi connectivity index (χ0) is 17.6. The Labute approximate surface area is 148 Å². The molecule has 0 aliphatic heterocycles. The number of rotatable bonds is 5. The summed E-state index contributed by atoms with van der Waals surface area (Å²) in [5.74, 6) is -0.613. The predicted molar refractivity (Wildman–Crippen MR) is 98.0 cm³/mol. The van der Waals surface area contributed by atoms with E-state index in [1.807, 2.05) is 54.6 Å². The molecule has 1 N–H and O–H groups in total. The molecule has 25 heavy (non-hydrogen) atoms. The number of hydrogen-bond acceptors (Lipinski definition) is 3. The van der Waals surface area contributed by atoms with Gasteiger partial charge in [0.15, 0.2) is 6.10 Å². The molecule has 2 aromatic rings. The number of carbonyl (C=O) groups excluding carboxylic acids is 2. The summed E-state index contributed by atoms with van der Waals surface area (Å²) in [6.45, 7) is 1.62. The number of nitrogens with one attached hydrogen (secondary N) is 1.